The lowest BCUT2D eigenvalue weighted by atomic mass is 9.81. The second kappa shape index (κ2) is 6.58. The van der Waals surface area contributed by atoms with Crippen LogP contribution < -0.4 is 5.73 Å². The SMILES string of the molecule is CCC(CC)(CN)CN1CCCC(CO)C1. The average molecular weight is 228 g/mol. The topological polar surface area (TPSA) is 49.5 Å². The molecule has 0 bridgehead atoms. The van der Waals surface area contributed by atoms with Gasteiger partial charge in [-0.2, -0.15) is 0 Å². The maximum absolute atomic E-state index is 9.23. The van der Waals surface area contributed by atoms with E-state index in [9.17, 15) is 5.11 Å². The van der Waals surface area contributed by atoms with Gasteiger partial charge in [0, 0.05) is 19.7 Å². The summed E-state index contributed by atoms with van der Waals surface area (Å²) in [6.45, 7) is 8.93. The summed E-state index contributed by atoms with van der Waals surface area (Å²) in [4.78, 5) is 2.50. The number of aliphatic hydroxyl groups excluding tert-OH is 1. The minimum absolute atomic E-state index is 0.289. The highest BCUT2D eigenvalue weighted by Crippen LogP contribution is 2.28. The zero-order valence-electron chi connectivity index (χ0n) is 10.9. The van der Waals surface area contributed by atoms with Gasteiger partial charge in [-0.25, -0.2) is 0 Å². The zero-order valence-corrected chi connectivity index (χ0v) is 10.9. The van der Waals surface area contributed by atoms with Crippen molar-refractivity contribution in [1.29, 1.82) is 0 Å². The van der Waals surface area contributed by atoms with Crippen LogP contribution in [0, 0.1) is 11.3 Å². The molecule has 1 rings (SSSR count). The highest BCUT2D eigenvalue weighted by atomic mass is 16.3. The van der Waals surface area contributed by atoms with Gasteiger partial charge in [-0.15, -0.1) is 0 Å². The molecule has 0 radical (unpaired) electrons. The number of nitrogens with zero attached hydrogens (tertiary/aromatic N) is 1. The fourth-order valence-corrected chi connectivity index (χ4v) is 2.75. The van der Waals surface area contributed by atoms with Gasteiger partial charge in [0.25, 0.3) is 0 Å². The first-order valence-corrected chi connectivity index (χ1v) is 6.73. The minimum atomic E-state index is 0.289. The van der Waals surface area contributed by atoms with Gasteiger partial charge in [0.2, 0.25) is 0 Å². The summed E-state index contributed by atoms with van der Waals surface area (Å²) in [6.07, 6.45) is 4.71. The molecule has 3 heteroatoms. The first-order chi connectivity index (χ1) is 7.69. The van der Waals surface area contributed by atoms with Crippen molar-refractivity contribution in [2.45, 2.75) is 39.5 Å². The Labute approximate surface area is 100 Å². The van der Waals surface area contributed by atoms with Crippen LogP contribution in [0.25, 0.3) is 0 Å². The molecule has 3 N–H and O–H groups in total. The second-order valence-electron chi connectivity index (χ2n) is 5.34. The lowest BCUT2D eigenvalue weighted by molar-refractivity contribution is 0.0764. The lowest BCUT2D eigenvalue weighted by Gasteiger charge is -2.40. The third-order valence-electron chi connectivity index (χ3n) is 4.35. The molecule has 96 valence electrons. The Kier molecular flexibility index (Phi) is 5.73. The number of rotatable bonds is 6. The first kappa shape index (κ1) is 13.9. The van der Waals surface area contributed by atoms with E-state index in [1.54, 1.807) is 0 Å². The molecular formula is C13H28N2O. The van der Waals surface area contributed by atoms with E-state index >= 15 is 0 Å². The van der Waals surface area contributed by atoms with Crippen LogP contribution in [-0.2, 0) is 0 Å². The van der Waals surface area contributed by atoms with E-state index in [-0.39, 0.29) is 5.41 Å². The van der Waals surface area contributed by atoms with Gasteiger partial charge in [-0.3, -0.25) is 0 Å². The van der Waals surface area contributed by atoms with E-state index in [0.29, 0.717) is 12.5 Å². The van der Waals surface area contributed by atoms with Gasteiger partial charge in [-0.1, -0.05) is 13.8 Å². The fourth-order valence-electron chi connectivity index (χ4n) is 2.75. The molecule has 16 heavy (non-hydrogen) atoms. The Bertz CT molecular complexity index is 184. The molecule has 0 aliphatic carbocycles. The van der Waals surface area contributed by atoms with Crippen LogP contribution in [0.4, 0.5) is 0 Å². The Morgan fingerprint density at radius 3 is 2.56 bits per heavy atom. The fraction of sp³-hybridized carbons (Fsp3) is 1.00. The maximum Gasteiger partial charge on any atom is 0.0471 e. The van der Waals surface area contributed by atoms with Gasteiger partial charge in [0.05, 0.1) is 0 Å². The summed E-state index contributed by atoms with van der Waals surface area (Å²) in [7, 11) is 0. The van der Waals surface area contributed by atoms with E-state index in [0.717, 1.165) is 32.5 Å². The summed E-state index contributed by atoms with van der Waals surface area (Å²) < 4.78 is 0. The molecule has 1 aliphatic rings. The van der Waals surface area contributed by atoms with Gasteiger partial charge in [0.1, 0.15) is 0 Å². The average Bonchev–Trinajstić information content (AvgIpc) is 2.36. The Morgan fingerprint density at radius 2 is 2.06 bits per heavy atom. The number of hydrogen-bond acceptors (Lipinski definition) is 3. The molecular weight excluding hydrogens is 200 g/mol. The predicted molar refractivity (Wildman–Crippen MR) is 68.3 cm³/mol. The summed E-state index contributed by atoms with van der Waals surface area (Å²) in [5.41, 5.74) is 6.23. The van der Waals surface area contributed by atoms with E-state index in [2.05, 4.69) is 18.7 Å². The largest absolute Gasteiger partial charge is 0.396 e. The van der Waals surface area contributed by atoms with E-state index in [4.69, 9.17) is 5.73 Å². The molecule has 1 unspecified atom stereocenters. The molecule has 1 saturated heterocycles. The number of aliphatic hydroxyl groups is 1. The van der Waals surface area contributed by atoms with Gasteiger partial charge in [0.15, 0.2) is 0 Å². The molecule has 3 nitrogen and oxygen atoms in total. The van der Waals surface area contributed by atoms with Crippen LogP contribution in [-0.4, -0.2) is 42.8 Å². The lowest BCUT2D eigenvalue weighted by Crippen LogP contribution is -2.46. The van der Waals surface area contributed by atoms with E-state index in [1.807, 2.05) is 0 Å². The van der Waals surface area contributed by atoms with Crippen LogP contribution in [0.5, 0.6) is 0 Å². The van der Waals surface area contributed by atoms with Gasteiger partial charge in [-0.05, 0) is 50.1 Å². The quantitative estimate of drug-likeness (QED) is 0.723. The van der Waals surface area contributed by atoms with E-state index in [1.165, 1.54) is 19.4 Å². The molecule has 1 aliphatic heterocycles. The minimum Gasteiger partial charge on any atom is -0.396 e. The first-order valence-electron chi connectivity index (χ1n) is 6.73. The van der Waals surface area contributed by atoms with Crippen molar-refractivity contribution < 1.29 is 5.11 Å². The standard InChI is InChI=1S/C13H28N2O/c1-3-13(4-2,10-14)11-15-7-5-6-12(8-15)9-16/h12,16H,3-11,14H2,1-2H3. The van der Waals surface area contributed by atoms with E-state index < -0.39 is 0 Å². The van der Waals surface area contributed by atoms with Crippen molar-refractivity contribution in [3.8, 4) is 0 Å². The Morgan fingerprint density at radius 1 is 1.38 bits per heavy atom. The highest BCUT2D eigenvalue weighted by molar-refractivity contribution is 4.84. The normalized spacial score (nSPS) is 23.6. The van der Waals surface area contributed by atoms with Crippen LogP contribution in [0.15, 0.2) is 0 Å². The Hall–Kier alpha value is -0.120. The number of piperidine rings is 1. The zero-order chi connectivity index (χ0) is 12.0. The summed E-state index contributed by atoms with van der Waals surface area (Å²) in [5, 5.41) is 9.23. The van der Waals surface area contributed by atoms with Crippen molar-refractivity contribution in [2.24, 2.45) is 17.1 Å². The predicted octanol–water partition coefficient (Wildman–Crippen LogP) is 1.46. The summed E-state index contributed by atoms with van der Waals surface area (Å²) in [5.74, 6) is 0.484. The molecule has 0 aromatic carbocycles. The van der Waals surface area contributed by atoms with Crippen LogP contribution in [0.2, 0.25) is 0 Å². The van der Waals surface area contributed by atoms with Crippen LogP contribution >= 0.6 is 0 Å². The maximum atomic E-state index is 9.23. The molecule has 0 amide bonds. The van der Waals surface area contributed by atoms with Crippen molar-refractivity contribution in [3.63, 3.8) is 0 Å². The molecule has 0 spiro atoms. The third kappa shape index (κ3) is 3.44. The van der Waals surface area contributed by atoms with Gasteiger partial charge < -0.3 is 15.7 Å². The van der Waals surface area contributed by atoms with Crippen molar-refractivity contribution in [1.82, 2.24) is 4.90 Å². The molecule has 1 heterocycles. The van der Waals surface area contributed by atoms with Crippen molar-refractivity contribution >= 4 is 0 Å². The summed E-state index contributed by atoms with van der Waals surface area (Å²) in [6, 6.07) is 0. The molecule has 1 fully saturated rings. The van der Waals surface area contributed by atoms with Crippen LogP contribution in [0.3, 0.4) is 0 Å². The van der Waals surface area contributed by atoms with Gasteiger partial charge >= 0.3 is 0 Å². The Balaban J connectivity index is 2.50. The molecule has 1 atom stereocenters. The van der Waals surface area contributed by atoms with Crippen molar-refractivity contribution in [3.05, 3.63) is 0 Å². The number of nitrogens with two attached hydrogens (primary N) is 1. The number of hydrogen-bond donors (Lipinski definition) is 2. The highest BCUT2D eigenvalue weighted by Gasteiger charge is 2.29. The number of likely N-dealkylation sites (tertiary alicyclic amines) is 1. The van der Waals surface area contributed by atoms with Crippen LogP contribution in [0.1, 0.15) is 39.5 Å². The van der Waals surface area contributed by atoms with Crippen molar-refractivity contribution in [2.75, 3.05) is 32.8 Å². The molecule has 0 aromatic heterocycles. The third-order valence-corrected chi connectivity index (χ3v) is 4.35. The second-order valence-corrected chi connectivity index (χ2v) is 5.34. The summed E-state index contributed by atoms with van der Waals surface area (Å²) >= 11 is 0. The molecule has 0 aromatic rings. The monoisotopic (exact) mass is 228 g/mol. The molecule has 0 saturated carbocycles. The smallest absolute Gasteiger partial charge is 0.0471 e.